The molecule has 0 radical (unpaired) electrons. The minimum Gasteiger partial charge on any atom is -0.407 e. The van der Waals surface area contributed by atoms with E-state index in [0.717, 1.165) is 23.1 Å². The van der Waals surface area contributed by atoms with Gasteiger partial charge in [0.05, 0.1) is 0 Å². The van der Waals surface area contributed by atoms with Gasteiger partial charge in [-0.1, -0.05) is 101 Å². The van der Waals surface area contributed by atoms with Crippen LogP contribution in [0.4, 0.5) is 0 Å². The first kappa shape index (κ1) is 28.2. The normalized spacial score (nSPS) is 31.1. The topological polar surface area (TPSA) is 72.8 Å². The minimum absolute atomic E-state index is 0.0224. The summed E-state index contributed by atoms with van der Waals surface area (Å²) in [6, 6.07) is 0. The highest BCUT2D eigenvalue weighted by Gasteiger charge is 2.50. The third kappa shape index (κ3) is 5.63. The first-order valence-corrected chi connectivity index (χ1v) is 14.2. The molecule has 1 aliphatic heterocycles. The van der Waals surface area contributed by atoms with Crippen LogP contribution in [0.15, 0.2) is 45.8 Å². The number of phosphoric ester groups is 1. The van der Waals surface area contributed by atoms with Crippen LogP contribution in [0.25, 0.3) is 0 Å². The number of hydrogen-bond donors (Lipinski definition) is 1. The van der Waals surface area contributed by atoms with Crippen LogP contribution in [0.5, 0.6) is 0 Å². The number of hydrogen-bond acceptors (Lipinski definition) is 4. The van der Waals surface area contributed by atoms with Crippen molar-refractivity contribution in [3.63, 3.8) is 0 Å². The summed E-state index contributed by atoms with van der Waals surface area (Å²) in [5.41, 5.74) is 2.92. The molecule has 196 valence electrons. The van der Waals surface area contributed by atoms with E-state index < -0.39 is 19.3 Å². The van der Waals surface area contributed by atoms with Gasteiger partial charge in [-0.05, 0) is 40.2 Å². The van der Waals surface area contributed by atoms with E-state index in [1.54, 1.807) is 0 Å². The Morgan fingerprint density at radius 1 is 0.886 bits per heavy atom. The average molecular weight is 505 g/mol. The van der Waals surface area contributed by atoms with Crippen LogP contribution in [0.3, 0.4) is 0 Å². The molecule has 5 nitrogen and oxygen atoms in total. The monoisotopic (exact) mass is 504 g/mol. The molecule has 0 spiro atoms. The van der Waals surface area contributed by atoms with Crippen molar-refractivity contribution < 1.29 is 23.3 Å². The summed E-state index contributed by atoms with van der Waals surface area (Å²) in [5.74, 6) is 0.0216. The fourth-order valence-corrected chi connectivity index (χ4v) is 6.29. The third-order valence-corrected chi connectivity index (χ3v) is 8.08. The van der Waals surface area contributed by atoms with E-state index in [1.165, 1.54) is 5.57 Å². The van der Waals surface area contributed by atoms with Crippen molar-refractivity contribution in [2.75, 3.05) is 0 Å². The van der Waals surface area contributed by atoms with Gasteiger partial charge in [-0.25, -0.2) is 4.57 Å². The number of Topliss-reactive ketones (excluding diaryl/α,β-unsaturated/α-hetero) is 1. The lowest BCUT2D eigenvalue weighted by Crippen LogP contribution is -2.42. The summed E-state index contributed by atoms with van der Waals surface area (Å²) in [5, 5.41) is 0. The van der Waals surface area contributed by atoms with Crippen molar-refractivity contribution in [2.45, 2.75) is 102 Å². The molecule has 35 heavy (non-hydrogen) atoms. The van der Waals surface area contributed by atoms with E-state index in [2.05, 4.69) is 68.4 Å². The van der Waals surface area contributed by atoms with Gasteiger partial charge in [0.25, 0.3) is 0 Å². The fourth-order valence-electron chi connectivity index (χ4n) is 5.16. The summed E-state index contributed by atoms with van der Waals surface area (Å²) in [6.07, 6.45) is 4.63. The Labute approximate surface area is 212 Å². The molecule has 3 unspecified atom stereocenters. The first-order valence-electron chi connectivity index (χ1n) is 12.7. The maximum Gasteiger partial charge on any atom is 0.528 e. The molecule has 3 aliphatic rings. The molecule has 0 aromatic carbocycles. The number of ketones is 1. The largest absolute Gasteiger partial charge is 0.528 e. The molecule has 0 fully saturated rings. The van der Waals surface area contributed by atoms with Crippen molar-refractivity contribution in [3.8, 4) is 0 Å². The van der Waals surface area contributed by atoms with E-state index in [4.69, 9.17) is 9.05 Å². The van der Waals surface area contributed by atoms with Gasteiger partial charge in [0.1, 0.15) is 11.9 Å². The number of carbonyl (C=O) groups excluding carboxylic acids is 1. The Morgan fingerprint density at radius 3 is 1.91 bits per heavy atom. The summed E-state index contributed by atoms with van der Waals surface area (Å²) in [4.78, 5) is 25.2. The molecule has 0 aromatic rings. The molecule has 0 bridgehead atoms. The Bertz CT molecular complexity index is 1090. The van der Waals surface area contributed by atoms with E-state index in [9.17, 15) is 14.3 Å². The van der Waals surface area contributed by atoms with Crippen LogP contribution < -0.4 is 0 Å². The Hall–Kier alpha value is -1.42. The molecule has 3 rings (SSSR count). The highest BCUT2D eigenvalue weighted by molar-refractivity contribution is 7.47. The van der Waals surface area contributed by atoms with E-state index >= 15 is 0 Å². The Morgan fingerprint density at radius 2 is 1.46 bits per heavy atom. The van der Waals surface area contributed by atoms with Gasteiger partial charge < -0.3 is 4.52 Å². The molecule has 3 atom stereocenters. The number of fused-ring (bicyclic) bond motifs is 2. The molecule has 1 N–H and O–H groups in total. The van der Waals surface area contributed by atoms with Crippen LogP contribution in [-0.4, -0.2) is 16.8 Å². The summed E-state index contributed by atoms with van der Waals surface area (Å²) < 4.78 is 25.2. The SMILES string of the molecule is CC(C)(C)C1=CC2=C(C(C)(C)C)OP(=O)(O)OC3C(C(C)(C)C)=CC(C(C)(C)C)C(=O)/C3=C/2CC1. The smallest absolute Gasteiger partial charge is 0.407 e. The predicted octanol–water partition coefficient (Wildman–Crippen LogP) is 8.08. The lowest BCUT2D eigenvalue weighted by Gasteiger charge is -2.44. The second-order valence-electron chi connectivity index (χ2n) is 14.4. The average Bonchev–Trinajstić information content (AvgIpc) is 2.61. The number of rotatable bonds is 0. The lowest BCUT2D eigenvalue weighted by molar-refractivity contribution is -0.121. The minimum atomic E-state index is -4.53. The van der Waals surface area contributed by atoms with Gasteiger partial charge in [0.2, 0.25) is 0 Å². The number of carbonyl (C=O) groups is 1. The van der Waals surface area contributed by atoms with Crippen LogP contribution in [0.2, 0.25) is 0 Å². The maximum atomic E-state index is 14.2. The summed E-state index contributed by atoms with van der Waals surface area (Å²) >= 11 is 0. The lowest BCUT2D eigenvalue weighted by atomic mass is 9.64. The van der Waals surface area contributed by atoms with Crippen LogP contribution in [0, 0.1) is 27.6 Å². The van der Waals surface area contributed by atoms with Crippen LogP contribution in [0.1, 0.15) is 95.9 Å². The van der Waals surface area contributed by atoms with E-state index in [0.29, 0.717) is 17.8 Å². The van der Waals surface area contributed by atoms with E-state index in [-0.39, 0.29) is 27.9 Å². The third-order valence-electron chi connectivity index (χ3n) is 7.19. The van der Waals surface area contributed by atoms with Gasteiger partial charge in [-0.2, -0.15) is 0 Å². The molecular formula is C29H45O5P. The van der Waals surface area contributed by atoms with E-state index in [1.807, 2.05) is 26.8 Å². The fraction of sp³-hybridized carbons (Fsp3) is 0.690. The molecule has 0 saturated carbocycles. The molecule has 2 aliphatic carbocycles. The Balaban J connectivity index is 2.50. The summed E-state index contributed by atoms with van der Waals surface area (Å²) in [7, 11) is -4.53. The second kappa shape index (κ2) is 8.57. The van der Waals surface area contributed by atoms with Gasteiger partial charge in [-0.3, -0.25) is 14.2 Å². The molecule has 0 saturated heterocycles. The number of phosphoric acid groups is 1. The van der Waals surface area contributed by atoms with Crippen molar-refractivity contribution in [2.24, 2.45) is 27.6 Å². The van der Waals surface area contributed by atoms with Gasteiger partial charge in [-0.15, -0.1) is 0 Å². The van der Waals surface area contributed by atoms with Gasteiger partial charge >= 0.3 is 7.82 Å². The van der Waals surface area contributed by atoms with Crippen molar-refractivity contribution in [3.05, 3.63) is 45.8 Å². The molecule has 6 heteroatoms. The Kier molecular flexibility index (Phi) is 6.89. The number of allylic oxidation sites excluding steroid dienone is 6. The van der Waals surface area contributed by atoms with Gasteiger partial charge in [0, 0.05) is 22.5 Å². The van der Waals surface area contributed by atoms with Crippen molar-refractivity contribution in [1.29, 1.82) is 0 Å². The predicted molar refractivity (Wildman–Crippen MR) is 142 cm³/mol. The maximum absolute atomic E-state index is 14.2. The molecule has 0 aromatic heterocycles. The second-order valence-corrected chi connectivity index (χ2v) is 15.8. The highest BCUT2D eigenvalue weighted by Crippen LogP contribution is 2.59. The highest BCUT2D eigenvalue weighted by atomic mass is 31.2. The standard InChI is InChI=1S/C29H45O5P/c1-26(2,3)17-13-14-18-19(15-17)25(29(10,11)12)34-35(31,32)33-24-21(28(7,8)9)16-20(27(4,5)6)23(30)22(18)24/h15-16,20,24H,13-14H2,1-12H3,(H,31,32)/b22-18-,25-19?. The summed E-state index contributed by atoms with van der Waals surface area (Å²) in [6.45, 7) is 24.7. The van der Waals surface area contributed by atoms with Crippen molar-refractivity contribution in [1.82, 2.24) is 0 Å². The van der Waals surface area contributed by atoms with Crippen LogP contribution >= 0.6 is 7.82 Å². The zero-order valence-electron chi connectivity index (χ0n) is 23.8. The van der Waals surface area contributed by atoms with Crippen LogP contribution in [-0.2, 0) is 18.4 Å². The molecule has 1 heterocycles. The molecular weight excluding hydrogens is 459 g/mol. The first-order chi connectivity index (χ1) is 15.5. The van der Waals surface area contributed by atoms with Crippen molar-refractivity contribution >= 4 is 13.6 Å². The zero-order chi connectivity index (χ0) is 26.9. The molecule has 0 amide bonds. The quantitative estimate of drug-likeness (QED) is 0.267. The zero-order valence-corrected chi connectivity index (χ0v) is 24.6. The van der Waals surface area contributed by atoms with Gasteiger partial charge in [0.15, 0.2) is 5.78 Å².